The van der Waals surface area contributed by atoms with Gasteiger partial charge in [0.1, 0.15) is 17.3 Å². The van der Waals surface area contributed by atoms with Crippen LogP contribution >= 0.6 is 11.6 Å². The van der Waals surface area contributed by atoms with E-state index < -0.39 is 0 Å². The number of rotatable bonds is 6. The summed E-state index contributed by atoms with van der Waals surface area (Å²) < 4.78 is 0. The Balaban J connectivity index is 1.97. The molecule has 0 aliphatic heterocycles. The van der Waals surface area contributed by atoms with Gasteiger partial charge in [0.2, 0.25) is 0 Å². The molecular formula is C14H17ClN4. The van der Waals surface area contributed by atoms with E-state index in [4.69, 9.17) is 11.6 Å². The summed E-state index contributed by atoms with van der Waals surface area (Å²) in [5, 5.41) is 3.87. The van der Waals surface area contributed by atoms with Crippen LogP contribution in [0, 0.1) is 0 Å². The fraction of sp³-hybridized carbons (Fsp3) is 0.357. The first-order chi connectivity index (χ1) is 9.31. The maximum atomic E-state index is 6.10. The van der Waals surface area contributed by atoms with Crippen molar-refractivity contribution in [1.82, 2.24) is 15.0 Å². The number of nitrogens with one attached hydrogen (secondary N) is 1. The van der Waals surface area contributed by atoms with Crippen molar-refractivity contribution in [3.05, 3.63) is 47.1 Å². The Bertz CT molecular complexity index is 516. The average Bonchev–Trinajstić information content (AvgIpc) is 2.44. The maximum Gasteiger partial charge on any atom is 0.137 e. The zero-order valence-electron chi connectivity index (χ0n) is 10.9. The lowest BCUT2D eigenvalue weighted by molar-refractivity contribution is 0.893. The first-order valence-corrected chi connectivity index (χ1v) is 6.81. The second-order valence-corrected chi connectivity index (χ2v) is 4.64. The Morgan fingerprint density at radius 1 is 1.26 bits per heavy atom. The summed E-state index contributed by atoms with van der Waals surface area (Å²) in [5.74, 6) is 0.839. The maximum absolute atomic E-state index is 6.10. The van der Waals surface area contributed by atoms with Gasteiger partial charge in [0.05, 0.1) is 0 Å². The molecule has 0 atom stereocenters. The van der Waals surface area contributed by atoms with Crippen LogP contribution in [0.4, 0.5) is 5.82 Å². The third kappa shape index (κ3) is 3.89. The molecule has 5 heteroatoms. The van der Waals surface area contributed by atoms with Gasteiger partial charge in [0.15, 0.2) is 0 Å². The van der Waals surface area contributed by atoms with E-state index in [1.54, 1.807) is 6.20 Å². The van der Waals surface area contributed by atoms with Crippen molar-refractivity contribution < 1.29 is 0 Å². The van der Waals surface area contributed by atoms with Crippen LogP contribution in [-0.4, -0.2) is 21.5 Å². The Morgan fingerprint density at radius 2 is 2.16 bits per heavy atom. The SMILES string of the molecule is CCCc1c(Cl)ncnc1NCCc1cccnc1. The number of pyridine rings is 1. The predicted molar refractivity (Wildman–Crippen MR) is 77.5 cm³/mol. The van der Waals surface area contributed by atoms with Crippen LogP contribution in [0.25, 0.3) is 0 Å². The lowest BCUT2D eigenvalue weighted by Gasteiger charge is -2.11. The van der Waals surface area contributed by atoms with Gasteiger partial charge >= 0.3 is 0 Å². The van der Waals surface area contributed by atoms with Crippen LogP contribution in [0.15, 0.2) is 30.9 Å². The summed E-state index contributed by atoms with van der Waals surface area (Å²) in [5.41, 5.74) is 2.20. The molecule has 0 bridgehead atoms. The van der Waals surface area contributed by atoms with Crippen molar-refractivity contribution >= 4 is 17.4 Å². The minimum Gasteiger partial charge on any atom is -0.369 e. The Labute approximate surface area is 118 Å². The number of halogens is 1. The van der Waals surface area contributed by atoms with Crippen LogP contribution in [0.3, 0.4) is 0 Å². The number of aromatic nitrogens is 3. The van der Waals surface area contributed by atoms with E-state index in [9.17, 15) is 0 Å². The highest BCUT2D eigenvalue weighted by atomic mass is 35.5. The van der Waals surface area contributed by atoms with Crippen LogP contribution in [0.1, 0.15) is 24.5 Å². The molecule has 19 heavy (non-hydrogen) atoms. The van der Waals surface area contributed by atoms with E-state index in [2.05, 4.69) is 33.3 Å². The smallest absolute Gasteiger partial charge is 0.137 e. The second-order valence-electron chi connectivity index (χ2n) is 4.28. The van der Waals surface area contributed by atoms with Crippen LogP contribution in [-0.2, 0) is 12.8 Å². The van der Waals surface area contributed by atoms with Gasteiger partial charge in [-0.15, -0.1) is 0 Å². The molecular weight excluding hydrogens is 260 g/mol. The van der Waals surface area contributed by atoms with E-state index in [1.807, 2.05) is 12.3 Å². The van der Waals surface area contributed by atoms with E-state index >= 15 is 0 Å². The van der Waals surface area contributed by atoms with Crippen molar-refractivity contribution in [3.63, 3.8) is 0 Å². The van der Waals surface area contributed by atoms with Gasteiger partial charge in [-0.2, -0.15) is 0 Å². The van der Waals surface area contributed by atoms with Gasteiger partial charge in [-0.1, -0.05) is 31.0 Å². The van der Waals surface area contributed by atoms with E-state index in [0.29, 0.717) is 5.15 Å². The van der Waals surface area contributed by atoms with E-state index in [-0.39, 0.29) is 0 Å². The fourth-order valence-corrected chi connectivity index (χ4v) is 2.11. The van der Waals surface area contributed by atoms with Crippen molar-refractivity contribution in [1.29, 1.82) is 0 Å². The number of hydrogen-bond acceptors (Lipinski definition) is 4. The number of hydrogen-bond donors (Lipinski definition) is 1. The zero-order valence-corrected chi connectivity index (χ0v) is 11.7. The summed E-state index contributed by atoms with van der Waals surface area (Å²) in [7, 11) is 0. The molecule has 2 aromatic rings. The monoisotopic (exact) mass is 276 g/mol. The predicted octanol–water partition coefficient (Wildman–Crippen LogP) is 3.13. The largest absolute Gasteiger partial charge is 0.369 e. The van der Waals surface area contributed by atoms with Crippen LogP contribution in [0.5, 0.6) is 0 Å². The molecule has 0 aliphatic carbocycles. The van der Waals surface area contributed by atoms with Gasteiger partial charge in [0.25, 0.3) is 0 Å². The van der Waals surface area contributed by atoms with Crippen LogP contribution in [0.2, 0.25) is 5.15 Å². The normalized spacial score (nSPS) is 10.4. The molecule has 2 aromatic heterocycles. The minimum absolute atomic E-state index is 0.542. The summed E-state index contributed by atoms with van der Waals surface area (Å²) in [6, 6.07) is 4.01. The lowest BCUT2D eigenvalue weighted by atomic mass is 10.1. The van der Waals surface area contributed by atoms with Gasteiger partial charge in [-0.05, 0) is 24.5 Å². The molecule has 0 unspecified atom stereocenters. The molecule has 0 fully saturated rings. The highest BCUT2D eigenvalue weighted by molar-refractivity contribution is 6.30. The summed E-state index contributed by atoms with van der Waals surface area (Å²) in [4.78, 5) is 12.4. The fourth-order valence-electron chi connectivity index (χ4n) is 1.89. The average molecular weight is 277 g/mol. The molecule has 0 aliphatic rings. The topological polar surface area (TPSA) is 50.7 Å². The Morgan fingerprint density at radius 3 is 2.89 bits per heavy atom. The quantitative estimate of drug-likeness (QED) is 0.824. The molecule has 0 radical (unpaired) electrons. The molecule has 0 aromatic carbocycles. The highest BCUT2D eigenvalue weighted by Gasteiger charge is 2.08. The second kappa shape index (κ2) is 7.04. The van der Waals surface area contributed by atoms with Crippen LogP contribution < -0.4 is 5.32 Å². The minimum atomic E-state index is 0.542. The summed E-state index contributed by atoms with van der Waals surface area (Å²) in [6.45, 7) is 2.92. The van der Waals surface area contributed by atoms with E-state index in [0.717, 1.165) is 37.2 Å². The lowest BCUT2D eigenvalue weighted by Crippen LogP contribution is -2.09. The van der Waals surface area contributed by atoms with Gasteiger partial charge in [-0.3, -0.25) is 4.98 Å². The number of nitrogens with zero attached hydrogens (tertiary/aromatic N) is 3. The van der Waals surface area contributed by atoms with Crippen molar-refractivity contribution in [2.45, 2.75) is 26.2 Å². The molecule has 2 heterocycles. The molecule has 0 spiro atoms. The van der Waals surface area contributed by atoms with Gasteiger partial charge in [-0.25, -0.2) is 9.97 Å². The van der Waals surface area contributed by atoms with Crippen molar-refractivity contribution in [3.8, 4) is 0 Å². The van der Waals surface area contributed by atoms with Crippen molar-refractivity contribution in [2.75, 3.05) is 11.9 Å². The third-order valence-corrected chi connectivity index (χ3v) is 3.15. The summed E-state index contributed by atoms with van der Waals surface area (Å²) in [6.07, 6.45) is 7.95. The first-order valence-electron chi connectivity index (χ1n) is 6.43. The molecule has 2 rings (SSSR count). The molecule has 0 amide bonds. The summed E-state index contributed by atoms with van der Waals surface area (Å²) >= 11 is 6.10. The van der Waals surface area contributed by atoms with Crippen molar-refractivity contribution in [2.24, 2.45) is 0 Å². The number of anilines is 1. The van der Waals surface area contributed by atoms with Gasteiger partial charge < -0.3 is 5.32 Å². The molecule has 100 valence electrons. The molecule has 1 N–H and O–H groups in total. The van der Waals surface area contributed by atoms with Gasteiger partial charge in [0, 0.05) is 24.5 Å². The Hall–Kier alpha value is -1.68. The molecule has 4 nitrogen and oxygen atoms in total. The zero-order chi connectivity index (χ0) is 13.5. The first kappa shape index (κ1) is 13.7. The third-order valence-electron chi connectivity index (χ3n) is 2.82. The van der Waals surface area contributed by atoms with E-state index in [1.165, 1.54) is 11.9 Å². The molecule has 0 saturated heterocycles. The highest BCUT2D eigenvalue weighted by Crippen LogP contribution is 2.21. The standard InChI is InChI=1S/C14H17ClN4/c1-2-4-12-13(15)18-10-19-14(12)17-8-6-11-5-3-7-16-9-11/h3,5,7,9-10H,2,4,6,8H2,1H3,(H,17,18,19). The Kier molecular flexibility index (Phi) is 5.10. The molecule has 0 saturated carbocycles.